The first-order valence-electron chi connectivity index (χ1n) is 3.04. The van der Waals surface area contributed by atoms with Gasteiger partial charge in [0.25, 0.3) is 0 Å². The van der Waals surface area contributed by atoms with Crippen LogP contribution in [0.5, 0.6) is 0 Å². The van der Waals surface area contributed by atoms with Gasteiger partial charge < -0.3 is 5.73 Å². The van der Waals surface area contributed by atoms with Gasteiger partial charge in [0, 0.05) is 19.1 Å². The molecule has 3 heteroatoms. The maximum absolute atomic E-state index is 5.65. The average Bonchev–Trinajstić information content (AvgIpc) is 2.29. The highest BCUT2D eigenvalue weighted by Crippen LogP contribution is 2.42. The van der Waals surface area contributed by atoms with Crippen molar-refractivity contribution in [2.24, 2.45) is 23.4 Å². The third-order valence-corrected chi connectivity index (χ3v) is 2.29. The van der Waals surface area contributed by atoms with Crippen LogP contribution in [0, 0.1) is 11.8 Å². The van der Waals surface area contributed by atoms with E-state index in [1.807, 2.05) is 5.01 Å². The summed E-state index contributed by atoms with van der Waals surface area (Å²) in [5.41, 5.74) is 5.65. The number of hydrogen-bond donors (Lipinski definition) is 2. The van der Waals surface area contributed by atoms with Gasteiger partial charge in [-0.3, -0.25) is 5.84 Å². The van der Waals surface area contributed by atoms with Crippen LogP contribution in [0.1, 0.15) is 0 Å². The van der Waals surface area contributed by atoms with E-state index in [4.69, 9.17) is 11.6 Å². The highest BCUT2D eigenvalue weighted by Gasteiger charge is 2.52. The van der Waals surface area contributed by atoms with E-state index >= 15 is 0 Å². The lowest BCUT2D eigenvalue weighted by atomic mass is 10.4. The Labute approximate surface area is 48.6 Å². The topological polar surface area (TPSA) is 55.3 Å². The van der Waals surface area contributed by atoms with Crippen LogP contribution in [0.2, 0.25) is 0 Å². The molecular formula is C5H11N3. The molecule has 0 bridgehead atoms. The Balaban J connectivity index is 2.00. The van der Waals surface area contributed by atoms with Crippen molar-refractivity contribution in [3.8, 4) is 0 Å². The second kappa shape index (κ2) is 1.23. The Bertz CT molecular complexity index is 102. The average molecular weight is 113 g/mol. The summed E-state index contributed by atoms with van der Waals surface area (Å²) in [5.74, 6) is 6.97. The molecule has 2 aliphatic rings. The molecule has 3 nitrogen and oxygen atoms in total. The lowest BCUT2D eigenvalue weighted by Crippen LogP contribution is -2.33. The number of hydrogen-bond acceptors (Lipinski definition) is 3. The van der Waals surface area contributed by atoms with Crippen molar-refractivity contribution < 1.29 is 0 Å². The maximum atomic E-state index is 5.65. The molecule has 0 spiro atoms. The van der Waals surface area contributed by atoms with Gasteiger partial charge in [0.1, 0.15) is 0 Å². The van der Waals surface area contributed by atoms with Crippen LogP contribution in [-0.4, -0.2) is 24.1 Å². The molecule has 0 amide bonds. The summed E-state index contributed by atoms with van der Waals surface area (Å²) in [6, 6.07) is 0.481. The summed E-state index contributed by atoms with van der Waals surface area (Å²) in [4.78, 5) is 0. The lowest BCUT2D eigenvalue weighted by molar-refractivity contribution is 0.309. The monoisotopic (exact) mass is 113 g/mol. The standard InChI is InChI=1S/C5H11N3/c6-5-3-1-8(7)2-4(3)5/h3-5H,1-2,6-7H2/t3-,4+,5?. The van der Waals surface area contributed by atoms with Gasteiger partial charge in [0.05, 0.1) is 0 Å². The minimum atomic E-state index is 0.481. The lowest BCUT2D eigenvalue weighted by Gasteiger charge is -2.09. The Morgan fingerprint density at radius 1 is 1.25 bits per heavy atom. The minimum absolute atomic E-state index is 0.481. The molecule has 0 aromatic heterocycles. The van der Waals surface area contributed by atoms with Crippen LogP contribution in [0.15, 0.2) is 0 Å². The van der Waals surface area contributed by atoms with Gasteiger partial charge in [0.15, 0.2) is 0 Å². The van der Waals surface area contributed by atoms with Gasteiger partial charge in [-0.15, -0.1) is 0 Å². The summed E-state index contributed by atoms with van der Waals surface area (Å²) in [6.07, 6.45) is 0. The van der Waals surface area contributed by atoms with Crippen LogP contribution in [0.3, 0.4) is 0 Å². The molecule has 8 heavy (non-hydrogen) atoms. The Morgan fingerprint density at radius 2 is 1.75 bits per heavy atom. The van der Waals surface area contributed by atoms with E-state index in [1.54, 1.807) is 0 Å². The first-order chi connectivity index (χ1) is 3.79. The zero-order valence-electron chi connectivity index (χ0n) is 4.75. The number of piperidine rings is 1. The van der Waals surface area contributed by atoms with E-state index in [0.717, 1.165) is 24.9 Å². The molecule has 3 atom stereocenters. The van der Waals surface area contributed by atoms with Crippen LogP contribution in [-0.2, 0) is 0 Å². The highest BCUT2D eigenvalue weighted by molar-refractivity contribution is 5.07. The van der Waals surface area contributed by atoms with Gasteiger partial charge >= 0.3 is 0 Å². The fraction of sp³-hybridized carbons (Fsp3) is 1.00. The Morgan fingerprint density at radius 3 is 2.12 bits per heavy atom. The maximum Gasteiger partial charge on any atom is 0.0175 e. The third-order valence-electron chi connectivity index (χ3n) is 2.29. The quantitative estimate of drug-likeness (QED) is 0.386. The van der Waals surface area contributed by atoms with Gasteiger partial charge in [-0.2, -0.15) is 0 Å². The normalized spacial score (nSPS) is 54.0. The molecule has 1 saturated heterocycles. The van der Waals surface area contributed by atoms with E-state index < -0.39 is 0 Å². The molecule has 0 aromatic carbocycles. The fourth-order valence-electron chi connectivity index (χ4n) is 1.60. The van der Waals surface area contributed by atoms with E-state index in [2.05, 4.69) is 0 Å². The van der Waals surface area contributed by atoms with Crippen LogP contribution in [0.4, 0.5) is 0 Å². The number of rotatable bonds is 0. The van der Waals surface area contributed by atoms with Gasteiger partial charge in [0.2, 0.25) is 0 Å². The summed E-state index contributed by atoms with van der Waals surface area (Å²) in [6.45, 7) is 2.04. The SMILES string of the molecule is NC1[C@H]2CN(N)C[C@@H]12. The molecule has 1 heterocycles. The van der Waals surface area contributed by atoms with Crippen molar-refractivity contribution in [1.82, 2.24) is 5.01 Å². The molecule has 1 aliphatic carbocycles. The molecule has 1 unspecified atom stereocenters. The van der Waals surface area contributed by atoms with E-state index in [0.29, 0.717) is 6.04 Å². The van der Waals surface area contributed by atoms with Crippen LogP contribution in [0.25, 0.3) is 0 Å². The number of nitrogens with zero attached hydrogens (tertiary/aromatic N) is 1. The molecule has 0 radical (unpaired) electrons. The van der Waals surface area contributed by atoms with Crippen LogP contribution >= 0.6 is 0 Å². The molecule has 0 aromatic rings. The largest absolute Gasteiger partial charge is 0.327 e. The Kier molecular flexibility index (Phi) is 0.730. The minimum Gasteiger partial charge on any atom is -0.327 e. The first-order valence-corrected chi connectivity index (χ1v) is 3.04. The van der Waals surface area contributed by atoms with Crippen molar-refractivity contribution in [3.63, 3.8) is 0 Å². The Hall–Kier alpha value is -0.120. The van der Waals surface area contributed by atoms with E-state index in [9.17, 15) is 0 Å². The van der Waals surface area contributed by atoms with Crippen LogP contribution < -0.4 is 11.6 Å². The molecule has 2 rings (SSSR count). The smallest absolute Gasteiger partial charge is 0.0175 e. The number of nitrogens with two attached hydrogens (primary N) is 2. The van der Waals surface area contributed by atoms with Crippen molar-refractivity contribution >= 4 is 0 Å². The van der Waals surface area contributed by atoms with Crippen molar-refractivity contribution in [3.05, 3.63) is 0 Å². The summed E-state index contributed by atoms with van der Waals surface area (Å²) in [5, 5.41) is 1.86. The molecule has 1 saturated carbocycles. The van der Waals surface area contributed by atoms with Crippen molar-refractivity contribution in [2.45, 2.75) is 6.04 Å². The fourth-order valence-corrected chi connectivity index (χ4v) is 1.60. The molecule has 1 aliphatic heterocycles. The van der Waals surface area contributed by atoms with Gasteiger partial charge in [-0.25, -0.2) is 5.01 Å². The highest BCUT2D eigenvalue weighted by atomic mass is 15.4. The summed E-state index contributed by atoms with van der Waals surface area (Å²) >= 11 is 0. The number of fused-ring (bicyclic) bond motifs is 1. The first kappa shape index (κ1) is 4.73. The van der Waals surface area contributed by atoms with Gasteiger partial charge in [-0.1, -0.05) is 0 Å². The van der Waals surface area contributed by atoms with Crippen molar-refractivity contribution in [2.75, 3.05) is 13.1 Å². The predicted molar refractivity (Wildman–Crippen MR) is 30.7 cm³/mol. The van der Waals surface area contributed by atoms with E-state index in [1.165, 1.54) is 0 Å². The summed E-state index contributed by atoms with van der Waals surface area (Å²) in [7, 11) is 0. The molecule has 46 valence electrons. The zero-order chi connectivity index (χ0) is 5.72. The zero-order valence-corrected chi connectivity index (χ0v) is 4.75. The third kappa shape index (κ3) is 0.438. The molecule has 2 fully saturated rings. The summed E-state index contributed by atoms with van der Waals surface area (Å²) < 4.78 is 0. The van der Waals surface area contributed by atoms with Gasteiger partial charge in [-0.05, 0) is 11.8 Å². The number of hydrazine groups is 1. The van der Waals surface area contributed by atoms with E-state index in [-0.39, 0.29) is 0 Å². The molecular weight excluding hydrogens is 102 g/mol. The molecule has 4 N–H and O–H groups in total. The predicted octanol–water partition coefficient (Wildman–Crippen LogP) is -1.25. The second-order valence-corrected chi connectivity index (χ2v) is 2.86. The second-order valence-electron chi connectivity index (χ2n) is 2.86. The van der Waals surface area contributed by atoms with Crippen molar-refractivity contribution in [1.29, 1.82) is 0 Å².